The van der Waals surface area contributed by atoms with E-state index in [4.69, 9.17) is 5.73 Å². The van der Waals surface area contributed by atoms with Crippen LogP contribution in [0.3, 0.4) is 0 Å². The van der Waals surface area contributed by atoms with Crippen LogP contribution >= 0.6 is 0 Å². The minimum Gasteiger partial charge on any atom is -0.372 e. The average Bonchev–Trinajstić information content (AvgIpc) is 2.66. The molecular weight excluding hydrogens is 330 g/mol. The molecule has 138 valence electrons. The predicted molar refractivity (Wildman–Crippen MR) is 101 cm³/mol. The molecule has 2 amide bonds. The Labute approximate surface area is 153 Å². The molecule has 2 aromatic rings. The van der Waals surface area contributed by atoms with Gasteiger partial charge in [0.1, 0.15) is 0 Å². The minimum absolute atomic E-state index is 0.116. The average molecular weight is 355 g/mol. The molecule has 2 rings (SSSR count). The monoisotopic (exact) mass is 355 g/mol. The minimum atomic E-state index is -1.93. The Hall–Kier alpha value is -2.70. The standard InChI is InChI=1S/C20H25N3O3/c1-3-23(4-2)14-18(24)22-17-12-10-16(11-13-17)20(26,19(21)25)15-8-6-5-7-9-15/h5-13,26H,3-4,14H2,1-2H3,(H2,21,25)(H,22,24). The number of amides is 2. The second-order valence-electron chi connectivity index (χ2n) is 6.03. The van der Waals surface area contributed by atoms with E-state index in [9.17, 15) is 14.7 Å². The summed E-state index contributed by atoms with van der Waals surface area (Å²) in [4.78, 5) is 26.1. The number of nitrogens with zero attached hydrogens (tertiary/aromatic N) is 1. The number of benzene rings is 2. The van der Waals surface area contributed by atoms with Crippen molar-refractivity contribution in [2.24, 2.45) is 5.73 Å². The fourth-order valence-corrected chi connectivity index (χ4v) is 2.78. The summed E-state index contributed by atoms with van der Waals surface area (Å²) < 4.78 is 0. The summed E-state index contributed by atoms with van der Waals surface area (Å²) in [5, 5.41) is 13.7. The van der Waals surface area contributed by atoms with Gasteiger partial charge in [-0.25, -0.2) is 0 Å². The molecule has 0 heterocycles. The van der Waals surface area contributed by atoms with Crippen LogP contribution in [-0.2, 0) is 15.2 Å². The fraction of sp³-hybridized carbons (Fsp3) is 0.300. The molecule has 4 N–H and O–H groups in total. The lowest BCUT2D eigenvalue weighted by atomic mass is 9.85. The van der Waals surface area contributed by atoms with Crippen molar-refractivity contribution in [2.75, 3.05) is 25.0 Å². The van der Waals surface area contributed by atoms with Crippen LogP contribution < -0.4 is 11.1 Å². The first-order chi connectivity index (χ1) is 12.4. The van der Waals surface area contributed by atoms with E-state index in [2.05, 4.69) is 5.32 Å². The molecule has 6 heteroatoms. The van der Waals surface area contributed by atoms with Crippen molar-refractivity contribution in [1.29, 1.82) is 0 Å². The van der Waals surface area contributed by atoms with Crippen molar-refractivity contribution < 1.29 is 14.7 Å². The Morgan fingerprint density at radius 2 is 1.54 bits per heavy atom. The molecule has 0 aliphatic heterocycles. The summed E-state index contributed by atoms with van der Waals surface area (Å²) in [5.41, 5.74) is 4.88. The molecule has 2 aromatic carbocycles. The van der Waals surface area contributed by atoms with Gasteiger partial charge in [0, 0.05) is 5.69 Å². The zero-order chi connectivity index (χ0) is 19.2. The van der Waals surface area contributed by atoms with Crippen LogP contribution in [-0.4, -0.2) is 41.5 Å². The highest BCUT2D eigenvalue weighted by atomic mass is 16.3. The van der Waals surface area contributed by atoms with E-state index in [1.54, 1.807) is 54.6 Å². The predicted octanol–water partition coefficient (Wildman–Crippen LogP) is 1.69. The van der Waals surface area contributed by atoms with E-state index in [-0.39, 0.29) is 5.91 Å². The first-order valence-electron chi connectivity index (χ1n) is 8.62. The highest BCUT2D eigenvalue weighted by molar-refractivity contribution is 5.92. The lowest BCUT2D eigenvalue weighted by Crippen LogP contribution is -2.42. The van der Waals surface area contributed by atoms with Gasteiger partial charge >= 0.3 is 0 Å². The van der Waals surface area contributed by atoms with Gasteiger partial charge in [-0.15, -0.1) is 0 Å². The van der Waals surface area contributed by atoms with Crippen LogP contribution in [0.2, 0.25) is 0 Å². The number of primary amides is 1. The molecule has 0 fully saturated rings. The van der Waals surface area contributed by atoms with Crippen LogP contribution in [0.15, 0.2) is 54.6 Å². The molecular formula is C20H25N3O3. The number of nitrogens with one attached hydrogen (secondary N) is 1. The first kappa shape index (κ1) is 19.6. The van der Waals surface area contributed by atoms with Crippen LogP contribution in [0.25, 0.3) is 0 Å². The highest BCUT2D eigenvalue weighted by Gasteiger charge is 2.37. The van der Waals surface area contributed by atoms with Crippen molar-refractivity contribution in [3.05, 3.63) is 65.7 Å². The molecule has 0 spiro atoms. The van der Waals surface area contributed by atoms with Gasteiger partial charge in [-0.2, -0.15) is 0 Å². The summed E-state index contributed by atoms with van der Waals surface area (Å²) in [6, 6.07) is 15.0. The number of aliphatic hydroxyl groups is 1. The molecule has 0 aromatic heterocycles. The van der Waals surface area contributed by atoms with E-state index in [0.717, 1.165) is 13.1 Å². The Bertz CT molecular complexity index is 743. The highest BCUT2D eigenvalue weighted by Crippen LogP contribution is 2.30. The third-order valence-electron chi connectivity index (χ3n) is 4.40. The second-order valence-corrected chi connectivity index (χ2v) is 6.03. The molecule has 0 aliphatic carbocycles. The number of anilines is 1. The molecule has 1 unspecified atom stereocenters. The second kappa shape index (κ2) is 8.60. The Morgan fingerprint density at radius 3 is 2.04 bits per heavy atom. The zero-order valence-corrected chi connectivity index (χ0v) is 15.1. The van der Waals surface area contributed by atoms with E-state index in [1.807, 2.05) is 18.7 Å². The van der Waals surface area contributed by atoms with Gasteiger partial charge < -0.3 is 16.2 Å². The van der Waals surface area contributed by atoms with Crippen molar-refractivity contribution in [2.45, 2.75) is 19.4 Å². The third-order valence-corrected chi connectivity index (χ3v) is 4.40. The van der Waals surface area contributed by atoms with Gasteiger partial charge in [-0.3, -0.25) is 14.5 Å². The summed E-state index contributed by atoms with van der Waals surface area (Å²) in [7, 11) is 0. The van der Waals surface area contributed by atoms with Crippen molar-refractivity contribution >= 4 is 17.5 Å². The number of hydrogen-bond donors (Lipinski definition) is 3. The molecule has 0 radical (unpaired) electrons. The maximum atomic E-state index is 12.1. The number of carbonyl (C=O) groups is 2. The van der Waals surface area contributed by atoms with Crippen LogP contribution in [0.5, 0.6) is 0 Å². The van der Waals surface area contributed by atoms with Gasteiger partial charge in [0.15, 0.2) is 5.60 Å². The Morgan fingerprint density at radius 1 is 1.00 bits per heavy atom. The number of rotatable bonds is 8. The molecule has 1 atom stereocenters. The molecule has 0 aliphatic rings. The molecule has 0 bridgehead atoms. The Balaban J connectivity index is 2.20. The lowest BCUT2D eigenvalue weighted by molar-refractivity contribution is -0.133. The Kier molecular flexibility index (Phi) is 6.49. The third kappa shape index (κ3) is 4.28. The quantitative estimate of drug-likeness (QED) is 0.671. The molecule has 0 saturated carbocycles. The first-order valence-corrected chi connectivity index (χ1v) is 8.62. The summed E-state index contributed by atoms with van der Waals surface area (Å²) in [6.07, 6.45) is 0. The van der Waals surface area contributed by atoms with Crippen molar-refractivity contribution in [3.63, 3.8) is 0 Å². The van der Waals surface area contributed by atoms with E-state index in [1.165, 1.54) is 0 Å². The number of likely N-dealkylation sites (N-methyl/N-ethyl adjacent to an activating group) is 1. The topological polar surface area (TPSA) is 95.7 Å². The summed E-state index contributed by atoms with van der Waals surface area (Å²) in [5.74, 6) is -0.975. The zero-order valence-electron chi connectivity index (χ0n) is 15.1. The van der Waals surface area contributed by atoms with E-state index >= 15 is 0 Å². The van der Waals surface area contributed by atoms with E-state index in [0.29, 0.717) is 23.4 Å². The van der Waals surface area contributed by atoms with Crippen LogP contribution in [0, 0.1) is 0 Å². The van der Waals surface area contributed by atoms with Crippen molar-refractivity contribution in [1.82, 2.24) is 4.90 Å². The maximum absolute atomic E-state index is 12.1. The summed E-state index contributed by atoms with van der Waals surface area (Å²) >= 11 is 0. The van der Waals surface area contributed by atoms with Crippen molar-refractivity contribution in [3.8, 4) is 0 Å². The van der Waals surface area contributed by atoms with Crippen LogP contribution in [0.4, 0.5) is 5.69 Å². The molecule has 0 saturated heterocycles. The number of carbonyl (C=O) groups excluding carboxylic acids is 2. The normalized spacial score (nSPS) is 13.2. The SMILES string of the molecule is CCN(CC)CC(=O)Nc1ccc(C(O)(C(N)=O)c2ccccc2)cc1. The van der Waals surface area contributed by atoms with Crippen LogP contribution in [0.1, 0.15) is 25.0 Å². The fourth-order valence-electron chi connectivity index (χ4n) is 2.78. The lowest BCUT2D eigenvalue weighted by Gasteiger charge is -2.26. The van der Waals surface area contributed by atoms with Gasteiger partial charge in [0.25, 0.3) is 5.91 Å². The molecule has 26 heavy (non-hydrogen) atoms. The van der Waals surface area contributed by atoms with Gasteiger partial charge in [0.05, 0.1) is 6.54 Å². The van der Waals surface area contributed by atoms with E-state index < -0.39 is 11.5 Å². The number of nitrogens with two attached hydrogens (primary N) is 1. The molecule has 6 nitrogen and oxygen atoms in total. The van der Waals surface area contributed by atoms with Gasteiger partial charge in [0.2, 0.25) is 5.91 Å². The maximum Gasteiger partial charge on any atom is 0.258 e. The smallest absolute Gasteiger partial charge is 0.258 e. The number of hydrogen-bond acceptors (Lipinski definition) is 4. The van der Waals surface area contributed by atoms with Gasteiger partial charge in [-0.05, 0) is 36.3 Å². The largest absolute Gasteiger partial charge is 0.372 e. The van der Waals surface area contributed by atoms with Gasteiger partial charge in [-0.1, -0.05) is 56.3 Å². The summed E-state index contributed by atoms with van der Waals surface area (Å²) in [6.45, 7) is 5.90.